The second-order valence-electron chi connectivity index (χ2n) is 4.28. The minimum absolute atomic E-state index is 0.572. The number of rotatable bonds is 3. The highest BCUT2D eigenvalue weighted by Gasteiger charge is 2.28. The van der Waals surface area contributed by atoms with Gasteiger partial charge >= 0.3 is 0 Å². The molecule has 1 aliphatic heterocycles. The van der Waals surface area contributed by atoms with Crippen molar-refractivity contribution in [1.82, 2.24) is 4.90 Å². The van der Waals surface area contributed by atoms with E-state index in [-0.39, 0.29) is 0 Å². The summed E-state index contributed by atoms with van der Waals surface area (Å²) in [7, 11) is 0. The van der Waals surface area contributed by atoms with Crippen LogP contribution < -0.4 is 0 Å². The van der Waals surface area contributed by atoms with E-state index in [9.17, 15) is 0 Å². The molecule has 0 atom stereocenters. The lowest BCUT2D eigenvalue weighted by atomic mass is 9.90. The average molecular weight is 183 g/mol. The molecule has 2 heteroatoms. The molecule has 0 aromatic heterocycles. The van der Waals surface area contributed by atoms with Gasteiger partial charge < -0.3 is 9.64 Å². The zero-order chi connectivity index (χ0) is 9.10. The van der Waals surface area contributed by atoms with Crippen molar-refractivity contribution in [2.75, 3.05) is 19.7 Å². The Morgan fingerprint density at radius 2 is 1.85 bits per heavy atom. The Labute approximate surface area is 81.3 Å². The number of nitrogens with zero attached hydrogens (tertiary/aromatic N) is 1. The summed E-state index contributed by atoms with van der Waals surface area (Å²) in [5, 5.41) is 0. The van der Waals surface area contributed by atoms with E-state index >= 15 is 0 Å². The van der Waals surface area contributed by atoms with Crippen LogP contribution in [0, 0.1) is 0 Å². The quantitative estimate of drug-likeness (QED) is 0.664. The molecule has 0 aromatic carbocycles. The van der Waals surface area contributed by atoms with Crippen LogP contribution >= 0.6 is 0 Å². The van der Waals surface area contributed by atoms with E-state index in [2.05, 4.69) is 11.8 Å². The van der Waals surface area contributed by atoms with Gasteiger partial charge in [0.15, 0.2) is 0 Å². The highest BCUT2D eigenvalue weighted by Crippen LogP contribution is 2.27. The molecule has 2 rings (SSSR count). The molecule has 13 heavy (non-hydrogen) atoms. The minimum Gasteiger partial charge on any atom is -0.379 e. The van der Waals surface area contributed by atoms with Gasteiger partial charge in [0.1, 0.15) is 0 Å². The van der Waals surface area contributed by atoms with Gasteiger partial charge in [0.2, 0.25) is 0 Å². The van der Waals surface area contributed by atoms with Gasteiger partial charge in [-0.05, 0) is 52.1 Å². The summed E-state index contributed by atoms with van der Waals surface area (Å²) >= 11 is 0. The second-order valence-corrected chi connectivity index (χ2v) is 4.28. The van der Waals surface area contributed by atoms with E-state index in [4.69, 9.17) is 4.74 Å². The van der Waals surface area contributed by atoms with E-state index in [0.29, 0.717) is 6.10 Å². The zero-order valence-corrected chi connectivity index (χ0v) is 8.67. The minimum atomic E-state index is 0.572. The fourth-order valence-corrected chi connectivity index (χ4v) is 2.52. The third kappa shape index (κ3) is 2.23. The lowest BCUT2D eigenvalue weighted by molar-refractivity contribution is 0.00180. The van der Waals surface area contributed by atoms with E-state index in [1.54, 1.807) is 0 Å². The van der Waals surface area contributed by atoms with E-state index < -0.39 is 0 Å². The Balaban J connectivity index is 1.69. The van der Waals surface area contributed by atoms with E-state index in [0.717, 1.165) is 12.6 Å². The molecule has 2 aliphatic rings. The molecule has 1 saturated carbocycles. The zero-order valence-electron chi connectivity index (χ0n) is 8.67. The van der Waals surface area contributed by atoms with Crippen molar-refractivity contribution in [3.63, 3.8) is 0 Å². The third-order valence-corrected chi connectivity index (χ3v) is 3.45. The summed E-state index contributed by atoms with van der Waals surface area (Å²) in [5.74, 6) is 0. The molecule has 0 aromatic rings. The largest absolute Gasteiger partial charge is 0.379 e. The standard InChI is InChI=1S/C11H21NO/c1-2-13-11-6-4-10(5-7-11)12-8-3-9-12/h10-11H,2-9H2,1H3. The molecule has 0 amide bonds. The average Bonchev–Trinajstić information content (AvgIpc) is 2.06. The molecular formula is C11H21NO. The Kier molecular flexibility index (Phi) is 3.23. The Morgan fingerprint density at radius 3 is 2.31 bits per heavy atom. The highest BCUT2D eigenvalue weighted by atomic mass is 16.5. The molecule has 0 N–H and O–H groups in total. The van der Waals surface area contributed by atoms with Crippen LogP contribution in [0.4, 0.5) is 0 Å². The van der Waals surface area contributed by atoms with Crippen molar-refractivity contribution in [3.8, 4) is 0 Å². The second kappa shape index (κ2) is 4.43. The molecule has 0 bridgehead atoms. The molecule has 2 nitrogen and oxygen atoms in total. The monoisotopic (exact) mass is 183 g/mol. The van der Waals surface area contributed by atoms with Crippen LogP contribution in [0.3, 0.4) is 0 Å². The molecule has 2 fully saturated rings. The van der Waals surface area contributed by atoms with Gasteiger partial charge in [-0.2, -0.15) is 0 Å². The van der Waals surface area contributed by atoms with E-state index in [1.165, 1.54) is 45.2 Å². The number of hydrogen-bond donors (Lipinski definition) is 0. The summed E-state index contributed by atoms with van der Waals surface area (Å²) in [6.07, 6.45) is 7.30. The molecule has 0 unspecified atom stereocenters. The van der Waals surface area contributed by atoms with Crippen molar-refractivity contribution in [3.05, 3.63) is 0 Å². The van der Waals surface area contributed by atoms with Gasteiger partial charge in [-0.1, -0.05) is 0 Å². The summed E-state index contributed by atoms with van der Waals surface area (Å²) in [6.45, 7) is 5.69. The molecule has 0 radical (unpaired) electrons. The van der Waals surface area contributed by atoms with Crippen molar-refractivity contribution < 1.29 is 4.74 Å². The van der Waals surface area contributed by atoms with Crippen molar-refractivity contribution in [1.29, 1.82) is 0 Å². The number of likely N-dealkylation sites (tertiary alicyclic amines) is 1. The fourth-order valence-electron chi connectivity index (χ4n) is 2.52. The highest BCUT2D eigenvalue weighted by molar-refractivity contribution is 4.83. The van der Waals surface area contributed by atoms with Gasteiger partial charge in [0.25, 0.3) is 0 Å². The maximum absolute atomic E-state index is 5.64. The predicted molar refractivity (Wildman–Crippen MR) is 53.9 cm³/mol. The Bertz CT molecular complexity index is 148. The first-order chi connectivity index (χ1) is 6.40. The van der Waals surface area contributed by atoms with Crippen LogP contribution in [-0.2, 0) is 4.74 Å². The van der Waals surface area contributed by atoms with Crippen LogP contribution in [-0.4, -0.2) is 36.7 Å². The van der Waals surface area contributed by atoms with E-state index in [1.807, 2.05) is 0 Å². The number of ether oxygens (including phenoxy) is 1. The van der Waals surface area contributed by atoms with Gasteiger partial charge in [0, 0.05) is 12.6 Å². The smallest absolute Gasteiger partial charge is 0.0576 e. The summed E-state index contributed by atoms with van der Waals surface area (Å²) in [4.78, 5) is 2.64. The van der Waals surface area contributed by atoms with Crippen LogP contribution in [0.25, 0.3) is 0 Å². The lowest BCUT2D eigenvalue weighted by Gasteiger charge is -2.41. The molecule has 76 valence electrons. The van der Waals surface area contributed by atoms with Crippen molar-refractivity contribution in [2.24, 2.45) is 0 Å². The van der Waals surface area contributed by atoms with Gasteiger partial charge in [0.05, 0.1) is 6.10 Å². The topological polar surface area (TPSA) is 12.5 Å². The summed E-state index contributed by atoms with van der Waals surface area (Å²) in [5.41, 5.74) is 0. The summed E-state index contributed by atoms with van der Waals surface area (Å²) < 4.78 is 5.64. The predicted octanol–water partition coefficient (Wildman–Crippen LogP) is 2.04. The Morgan fingerprint density at radius 1 is 1.15 bits per heavy atom. The van der Waals surface area contributed by atoms with Gasteiger partial charge in [-0.15, -0.1) is 0 Å². The fraction of sp³-hybridized carbons (Fsp3) is 1.00. The van der Waals surface area contributed by atoms with Crippen LogP contribution in [0.1, 0.15) is 39.0 Å². The lowest BCUT2D eigenvalue weighted by Crippen LogP contribution is -2.47. The maximum Gasteiger partial charge on any atom is 0.0576 e. The molecule has 1 aliphatic carbocycles. The number of hydrogen-bond acceptors (Lipinski definition) is 2. The molecule has 1 heterocycles. The molecule has 1 saturated heterocycles. The maximum atomic E-state index is 5.64. The molecular weight excluding hydrogens is 162 g/mol. The molecule has 0 spiro atoms. The van der Waals surface area contributed by atoms with Gasteiger partial charge in [-0.3, -0.25) is 0 Å². The SMILES string of the molecule is CCOC1CCC(N2CCC2)CC1. The first-order valence-electron chi connectivity index (χ1n) is 5.76. The van der Waals surface area contributed by atoms with Crippen LogP contribution in [0.2, 0.25) is 0 Å². The van der Waals surface area contributed by atoms with Crippen LogP contribution in [0.5, 0.6) is 0 Å². The Hall–Kier alpha value is -0.0800. The van der Waals surface area contributed by atoms with Crippen molar-refractivity contribution in [2.45, 2.75) is 51.2 Å². The van der Waals surface area contributed by atoms with Crippen LogP contribution in [0.15, 0.2) is 0 Å². The normalized spacial score (nSPS) is 35.8. The first-order valence-corrected chi connectivity index (χ1v) is 5.76. The third-order valence-electron chi connectivity index (χ3n) is 3.45. The van der Waals surface area contributed by atoms with Gasteiger partial charge in [-0.25, -0.2) is 0 Å². The first kappa shape index (κ1) is 9.47. The summed E-state index contributed by atoms with van der Waals surface area (Å²) in [6, 6.07) is 0.894. The van der Waals surface area contributed by atoms with Crippen molar-refractivity contribution >= 4 is 0 Å².